The Balaban J connectivity index is 1.56. The molecule has 1 atom stereocenters. The van der Waals surface area contributed by atoms with Crippen LogP contribution in [0, 0.1) is 0 Å². The summed E-state index contributed by atoms with van der Waals surface area (Å²) in [6, 6.07) is 8.82. The second-order valence-electron chi connectivity index (χ2n) is 5.70. The molecule has 1 saturated heterocycles. The predicted molar refractivity (Wildman–Crippen MR) is 90.3 cm³/mol. The number of hydrogen-bond donors (Lipinski definition) is 1. The van der Waals surface area contributed by atoms with E-state index in [1.165, 1.54) is 6.33 Å². The number of nitrogens with one attached hydrogen (secondary N) is 1. The van der Waals surface area contributed by atoms with Gasteiger partial charge < -0.3 is 9.47 Å². The van der Waals surface area contributed by atoms with Crippen LogP contribution in [0.3, 0.4) is 0 Å². The van der Waals surface area contributed by atoms with Crippen LogP contribution in [0.2, 0.25) is 0 Å². The Labute approximate surface area is 143 Å². The topological polar surface area (TPSA) is 91.2 Å². The van der Waals surface area contributed by atoms with E-state index >= 15 is 0 Å². The highest BCUT2D eigenvalue weighted by Gasteiger charge is 2.20. The number of imidazole rings is 1. The fourth-order valence-corrected chi connectivity index (χ4v) is 2.82. The molecule has 0 radical (unpaired) electrons. The van der Waals surface area contributed by atoms with Crippen LogP contribution >= 0.6 is 0 Å². The van der Waals surface area contributed by atoms with Crippen molar-refractivity contribution in [3.8, 4) is 5.75 Å². The lowest BCUT2D eigenvalue weighted by Gasteiger charge is -2.23. The molecule has 1 aliphatic rings. The zero-order chi connectivity index (χ0) is 17.1. The molecule has 0 aliphatic carbocycles. The summed E-state index contributed by atoms with van der Waals surface area (Å²) in [6.45, 7) is 0.726. The number of carbonyl (C=O) groups is 1. The Morgan fingerprint density at radius 2 is 2.08 bits per heavy atom. The maximum Gasteiger partial charge on any atom is 0.418 e. The smallest absolute Gasteiger partial charge is 0.410 e. The van der Waals surface area contributed by atoms with Crippen LogP contribution in [0.1, 0.15) is 25.5 Å². The summed E-state index contributed by atoms with van der Waals surface area (Å²) in [5, 5.41) is 2.62. The third-order valence-electron chi connectivity index (χ3n) is 4.00. The van der Waals surface area contributed by atoms with Crippen molar-refractivity contribution < 1.29 is 14.3 Å². The number of benzene rings is 1. The number of amides is 1. The summed E-state index contributed by atoms with van der Waals surface area (Å²) < 4.78 is 12.9. The maximum absolute atomic E-state index is 12.1. The first kappa shape index (κ1) is 15.5. The molecule has 1 fully saturated rings. The van der Waals surface area contributed by atoms with Crippen molar-refractivity contribution in [2.45, 2.75) is 25.5 Å². The van der Waals surface area contributed by atoms with Gasteiger partial charge in [0.15, 0.2) is 17.0 Å². The van der Waals surface area contributed by atoms with Gasteiger partial charge in [-0.2, -0.15) is 0 Å². The molecule has 0 saturated carbocycles. The minimum atomic E-state index is -0.630. The molecule has 1 N–H and O–H groups in total. The molecule has 1 unspecified atom stereocenters. The van der Waals surface area contributed by atoms with Crippen LogP contribution in [-0.2, 0) is 4.74 Å². The molecule has 128 valence electrons. The fraction of sp³-hybridized carbons (Fsp3) is 0.294. The standard InChI is InChI=1S/C17H17N5O3/c23-17(25-12-6-2-1-3-7-12)21-15-14-16(19-10-18-15)22(11-20-14)13-8-4-5-9-24-13/h1-3,6-7,10-11,13H,4-5,8-9H2,(H,18,19,21,23). The molecule has 0 bridgehead atoms. The zero-order valence-corrected chi connectivity index (χ0v) is 13.5. The van der Waals surface area contributed by atoms with Crippen LogP contribution in [0.4, 0.5) is 10.6 Å². The lowest BCUT2D eigenvalue weighted by molar-refractivity contribution is -0.0298. The van der Waals surface area contributed by atoms with Crippen LogP contribution < -0.4 is 10.1 Å². The monoisotopic (exact) mass is 339 g/mol. The summed E-state index contributed by atoms with van der Waals surface area (Å²) in [5.41, 5.74) is 1.12. The summed E-state index contributed by atoms with van der Waals surface area (Å²) in [5.74, 6) is 0.756. The summed E-state index contributed by atoms with van der Waals surface area (Å²) in [7, 11) is 0. The largest absolute Gasteiger partial charge is 0.418 e. The average molecular weight is 339 g/mol. The molecular formula is C17H17N5O3. The van der Waals surface area contributed by atoms with E-state index in [0.29, 0.717) is 22.7 Å². The highest BCUT2D eigenvalue weighted by atomic mass is 16.6. The molecule has 4 rings (SSSR count). The number of hydrogen-bond acceptors (Lipinski definition) is 6. The van der Waals surface area contributed by atoms with Gasteiger partial charge in [0.25, 0.3) is 0 Å². The molecule has 2 aromatic heterocycles. The van der Waals surface area contributed by atoms with Gasteiger partial charge in [-0.15, -0.1) is 0 Å². The van der Waals surface area contributed by atoms with Crippen molar-refractivity contribution >= 4 is 23.1 Å². The number of rotatable bonds is 3. The van der Waals surface area contributed by atoms with E-state index in [2.05, 4.69) is 20.3 Å². The van der Waals surface area contributed by atoms with Crippen molar-refractivity contribution in [2.24, 2.45) is 0 Å². The first-order valence-corrected chi connectivity index (χ1v) is 8.14. The highest BCUT2D eigenvalue weighted by molar-refractivity contribution is 5.94. The van der Waals surface area contributed by atoms with E-state index in [-0.39, 0.29) is 6.23 Å². The van der Waals surface area contributed by atoms with Gasteiger partial charge in [-0.05, 0) is 31.4 Å². The summed E-state index contributed by atoms with van der Waals surface area (Å²) in [6.07, 6.45) is 5.42. The maximum atomic E-state index is 12.1. The average Bonchev–Trinajstić information content (AvgIpc) is 3.08. The van der Waals surface area contributed by atoms with E-state index < -0.39 is 6.09 Å². The first-order valence-electron chi connectivity index (χ1n) is 8.14. The van der Waals surface area contributed by atoms with Gasteiger partial charge in [0.2, 0.25) is 0 Å². The normalized spacial score (nSPS) is 17.4. The number of para-hydroxylation sites is 1. The molecule has 1 amide bonds. The third kappa shape index (κ3) is 3.29. The number of carbonyl (C=O) groups excluding carboxylic acids is 1. The van der Waals surface area contributed by atoms with E-state index in [4.69, 9.17) is 9.47 Å². The molecule has 8 nitrogen and oxygen atoms in total. The van der Waals surface area contributed by atoms with Crippen molar-refractivity contribution in [1.82, 2.24) is 19.5 Å². The van der Waals surface area contributed by atoms with Crippen LogP contribution in [0.15, 0.2) is 43.0 Å². The highest BCUT2D eigenvalue weighted by Crippen LogP contribution is 2.27. The Hall–Kier alpha value is -3.00. The first-order chi connectivity index (χ1) is 12.3. The van der Waals surface area contributed by atoms with Crippen LogP contribution in [0.5, 0.6) is 5.75 Å². The van der Waals surface area contributed by atoms with E-state index in [1.54, 1.807) is 30.6 Å². The Morgan fingerprint density at radius 3 is 2.88 bits per heavy atom. The van der Waals surface area contributed by atoms with Gasteiger partial charge in [-0.3, -0.25) is 9.88 Å². The van der Waals surface area contributed by atoms with E-state index in [1.807, 2.05) is 10.6 Å². The lowest BCUT2D eigenvalue weighted by atomic mass is 10.2. The number of anilines is 1. The van der Waals surface area contributed by atoms with E-state index in [0.717, 1.165) is 25.9 Å². The Kier molecular flexibility index (Phi) is 4.26. The molecule has 3 heterocycles. The van der Waals surface area contributed by atoms with Crippen LogP contribution in [0.25, 0.3) is 11.2 Å². The van der Waals surface area contributed by atoms with Gasteiger partial charge in [0, 0.05) is 6.61 Å². The SMILES string of the molecule is O=C(Nc1ncnc2c1ncn2C1CCCCO1)Oc1ccccc1. The fourth-order valence-electron chi connectivity index (χ4n) is 2.82. The minimum absolute atomic E-state index is 0.0854. The minimum Gasteiger partial charge on any atom is -0.410 e. The number of fused-ring (bicyclic) bond motifs is 1. The van der Waals surface area contributed by atoms with Gasteiger partial charge >= 0.3 is 6.09 Å². The molecule has 0 spiro atoms. The molecule has 1 aliphatic heterocycles. The summed E-state index contributed by atoms with van der Waals surface area (Å²) in [4.78, 5) is 24.8. The third-order valence-corrected chi connectivity index (χ3v) is 4.00. The van der Waals surface area contributed by atoms with E-state index in [9.17, 15) is 4.79 Å². The summed E-state index contributed by atoms with van der Waals surface area (Å²) >= 11 is 0. The van der Waals surface area contributed by atoms with Crippen molar-refractivity contribution in [3.63, 3.8) is 0 Å². The Bertz CT molecular complexity index is 874. The molecule has 25 heavy (non-hydrogen) atoms. The lowest BCUT2D eigenvalue weighted by Crippen LogP contribution is -2.19. The van der Waals surface area contributed by atoms with Crippen molar-refractivity contribution in [1.29, 1.82) is 0 Å². The molecule has 1 aromatic carbocycles. The van der Waals surface area contributed by atoms with Gasteiger partial charge in [0.05, 0.1) is 6.33 Å². The molecule has 8 heteroatoms. The van der Waals surface area contributed by atoms with Gasteiger partial charge in [-0.1, -0.05) is 18.2 Å². The second kappa shape index (κ2) is 6.86. The number of nitrogens with zero attached hydrogens (tertiary/aromatic N) is 4. The number of aromatic nitrogens is 4. The van der Waals surface area contributed by atoms with Crippen LogP contribution in [-0.4, -0.2) is 32.2 Å². The molecular weight excluding hydrogens is 322 g/mol. The van der Waals surface area contributed by atoms with Gasteiger partial charge in [0.1, 0.15) is 18.3 Å². The van der Waals surface area contributed by atoms with Crippen molar-refractivity contribution in [3.05, 3.63) is 43.0 Å². The van der Waals surface area contributed by atoms with Crippen molar-refractivity contribution in [2.75, 3.05) is 11.9 Å². The quantitative estimate of drug-likeness (QED) is 0.788. The predicted octanol–water partition coefficient (Wildman–Crippen LogP) is 3.14. The second-order valence-corrected chi connectivity index (χ2v) is 5.70. The van der Waals surface area contributed by atoms with Gasteiger partial charge in [-0.25, -0.2) is 19.7 Å². The zero-order valence-electron chi connectivity index (χ0n) is 13.5. The molecule has 3 aromatic rings. The number of ether oxygens (including phenoxy) is 2. The Morgan fingerprint density at radius 1 is 1.20 bits per heavy atom.